The van der Waals surface area contributed by atoms with Gasteiger partial charge < -0.3 is 38.7 Å². The summed E-state index contributed by atoms with van der Waals surface area (Å²) in [5.41, 5.74) is -5.50. The van der Waals surface area contributed by atoms with E-state index in [0.29, 0.717) is 5.56 Å². The van der Waals surface area contributed by atoms with Crippen LogP contribution in [0.1, 0.15) is 72.8 Å². The van der Waals surface area contributed by atoms with E-state index in [-0.39, 0.29) is 18.6 Å². The van der Waals surface area contributed by atoms with Gasteiger partial charge in [-0.25, -0.2) is 0 Å². The molecule has 3 N–H and O–H groups in total. The summed E-state index contributed by atoms with van der Waals surface area (Å²) in [4.78, 5) is 67.0. The van der Waals surface area contributed by atoms with Crippen LogP contribution in [0.25, 0.3) is 0 Å². The number of fused-ring (bicyclic) bond motifs is 3. The van der Waals surface area contributed by atoms with Crippen LogP contribution in [-0.2, 0) is 42.9 Å². The van der Waals surface area contributed by atoms with Crippen molar-refractivity contribution in [3.8, 4) is 0 Å². The molecule has 2 heterocycles. The van der Waals surface area contributed by atoms with Gasteiger partial charge in [-0.3, -0.25) is 24.0 Å². The molecule has 258 valence electrons. The highest BCUT2D eigenvalue weighted by Gasteiger charge is 2.83. The molecule has 1 aromatic rings. The second kappa shape index (κ2) is 10.9. The summed E-state index contributed by atoms with van der Waals surface area (Å²) in [5.74, 6) is -7.73. The van der Waals surface area contributed by atoms with E-state index in [4.69, 9.17) is 23.4 Å². The van der Waals surface area contributed by atoms with Gasteiger partial charge in [-0.15, -0.1) is 0 Å². The Labute approximate surface area is 272 Å². The van der Waals surface area contributed by atoms with Gasteiger partial charge in [-0.05, 0) is 30.9 Å². The van der Waals surface area contributed by atoms with Crippen LogP contribution in [0, 0.1) is 45.3 Å². The molecule has 0 amide bonds. The van der Waals surface area contributed by atoms with E-state index >= 15 is 0 Å². The third kappa shape index (κ3) is 4.25. The Bertz CT molecular complexity index is 1490. The zero-order valence-corrected chi connectivity index (χ0v) is 27.6. The summed E-state index contributed by atoms with van der Waals surface area (Å²) in [6.07, 6.45) is -6.38. The first-order valence-corrected chi connectivity index (χ1v) is 16.2. The first-order chi connectivity index (χ1) is 21.9. The summed E-state index contributed by atoms with van der Waals surface area (Å²) in [7, 11) is 0. The molecular formula is C34H44O13. The van der Waals surface area contributed by atoms with Gasteiger partial charge in [-0.2, -0.15) is 0 Å². The molecule has 14 atom stereocenters. The Morgan fingerprint density at radius 2 is 1.60 bits per heavy atom. The lowest BCUT2D eigenvalue weighted by Gasteiger charge is -2.73. The van der Waals surface area contributed by atoms with Crippen LogP contribution in [0.2, 0.25) is 0 Å². The normalized spacial score (nSPS) is 47.0. The molecule has 13 heteroatoms. The maximum Gasteiger partial charge on any atom is 0.310 e. The van der Waals surface area contributed by atoms with Crippen molar-refractivity contribution in [3.05, 3.63) is 24.2 Å². The first-order valence-electron chi connectivity index (χ1n) is 16.2. The lowest BCUT2D eigenvalue weighted by molar-refractivity contribution is -0.389. The van der Waals surface area contributed by atoms with Crippen LogP contribution in [0.5, 0.6) is 0 Å². The number of hydrogen-bond acceptors (Lipinski definition) is 13. The van der Waals surface area contributed by atoms with Gasteiger partial charge in [0.2, 0.25) is 6.29 Å². The van der Waals surface area contributed by atoms with E-state index in [1.807, 2.05) is 0 Å². The summed E-state index contributed by atoms with van der Waals surface area (Å²) in [6, 6.07) is 1.69. The summed E-state index contributed by atoms with van der Waals surface area (Å²) < 4.78 is 28.8. The third-order valence-corrected chi connectivity index (χ3v) is 12.6. The summed E-state index contributed by atoms with van der Waals surface area (Å²) in [5, 5.41) is 36.7. The predicted octanol–water partition coefficient (Wildman–Crippen LogP) is 1.69. The number of hydrogen-bond donors (Lipinski definition) is 3. The van der Waals surface area contributed by atoms with E-state index in [1.165, 1.54) is 12.5 Å². The third-order valence-electron chi connectivity index (χ3n) is 12.6. The van der Waals surface area contributed by atoms with Crippen molar-refractivity contribution >= 4 is 29.5 Å². The minimum absolute atomic E-state index is 0.00884. The van der Waals surface area contributed by atoms with Crippen molar-refractivity contribution in [1.29, 1.82) is 0 Å². The van der Waals surface area contributed by atoms with Crippen molar-refractivity contribution in [1.82, 2.24) is 0 Å². The predicted molar refractivity (Wildman–Crippen MR) is 158 cm³/mol. The molecule has 2 bridgehead atoms. The molecule has 6 rings (SSSR count). The van der Waals surface area contributed by atoms with Crippen molar-refractivity contribution in [2.45, 2.75) is 104 Å². The zero-order valence-electron chi connectivity index (χ0n) is 27.6. The molecule has 4 aliphatic carbocycles. The minimum Gasteiger partial charge on any atom is -0.472 e. The van der Waals surface area contributed by atoms with Gasteiger partial charge >= 0.3 is 17.9 Å². The fourth-order valence-electron chi connectivity index (χ4n) is 10.8. The molecule has 1 saturated heterocycles. The van der Waals surface area contributed by atoms with E-state index in [0.717, 1.165) is 13.8 Å². The molecular weight excluding hydrogens is 616 g/mol. The van der Waals surface area contributed by atoms with Gasteiger partial charge in [0.05, 0.1) is 36.6 Å². The SMILES string of the molecule is CC(=O)O[C@H]1[C@@H](OC(C)=O)[C@]2(C)C(OC(=O)C(C)C)OC[C@]3([C@H]1O)[C@H]2C[C@@H](O)[C@@]1(C)[C@@H]2C(=O)C[C@@H](c4ccoc4)[C@]2(C)[C@@H](O)C(=O)[C@@H]13. The maximum atomic E-state index is 14.9. The maximum absolute atomic E-state index is 14.9. The fraction of sp³-hybridized carbons (Fsp3) is 0.735. The number of carbonyl (C=O) groups is 5. The first kappa shape index (κ1) is 33.8. The summed E-state index contributed by atoms with van der Waals surface area (Å²) >= 11 is 0. The van der Waals surface area contributed by atoms with Crippen LogP contribution in [0.4, 0.5) is 0 Å². The Balaban J connectivity index is 1.57. The number of aliphatic hydroxyl groups excluding tert-OH is 3. The van der Waals surface area contributed by atoms with Gasteiger partial charge in [-0.1, -0.05) is 27.7 Å². The molecule has 1 aromatic heterocycles. The molecule has 5 fully saturated rings. The van der Waals surface area contributed by atoms with E-state index < -0.39 is 118 Å². The van der Waals surface area contributed by atoms with E-state index in [1.54, 1.807) is 40.7 Å². The largest absolute Gasteiger partial charge is 0.472 e. The van der Waals surface area contributed by atoms with Crippen LogP contribution in [0.15, 0.2) is 23.0 Å². The molecule has 0 aromatic carbocycles. The molecule has 47 heavy (non-hydrogen) atoms. The van der Waals surface area contributed by atoms with Crippen LogP contribution >= 0.6 is 0 Å². The van der Waals surface area contributed by atoms with Crippen molar-refractivity contribution < 1.29 is 62.7 Å². The van der Waals surface area contributed by atoms with Crippen LogP contribution < -0.4 is 0 Å². The van der Waals surface area contributed by atoms with Gasteiger partial charge in [0.1, 0.15) is 18.0 Å². The van der Waals surface area contributed by atoms with Crippen molar-refractivity contribution in [2.24, 2.45) is 45.3 Å². The standard InChI is InChI=1S/C34H44O13/c1-14(2)29(42)47-30-32(6)20-11-21(38)33(7)24-19(37)10-18(17-8-9-43-12-17)31(24,5)26(40)22(39)25(33)34(20,13-44-30)27(41)23(45-15(3)35)28(32)46-16(4)36/h8-9,12,14,18,20-21,23-28,30,38,40-41H,10-11,13H2,1-7H3/t18-,20-,21+,23+,24+,25-,26-,27-,28+,30?,31-,32+,33-,34-/m0/s1. The Morgan fingerprint density at radius 3 is 2.17 bits per heavy atom. The molecule has 0 radical (unpaired) electrons. The number of furan rings is 1. The quantitative estimate of drug-likeness (QED) is 0.305. The number of ether oxygens (including phenoxy) is 4. The fourth-order valence-corrected chi connectivity index (χ4v) is 10.8. The molecule has 4 saturated carbocycles. The molecule has 1 aliphatic heterocycles. The summed E-state index contributed by atoms with van der Waals surface area (Å²) in [6.45, 7) is 10.0. The highest BCUT2D eigenvalue weighted by Crippen LogP contribution is 2.75. The molecule has 13 nitrogen and oxygen atoms in total. The number of carbonyl (C=O) groups excluding carboxylic acids is 5. The lowest BCUT2D eigenvalue weighted by Crippen LogP contribution is -2.83. The smallest absolute Gasteiger partial charge is 0.310 e. The Hall–Kier alpha value is -3.13. The second-order valence-electron chi connectivity index (χ2n) is 15.2. The minimum atomic E-state index is -1.73. The molecule has 5 aliphatic rings. The number of rotatable bonds is 5. The van der Waals surface area contributed by atoms with E-state index in [2.05, 4.69) is 0 Å². The van der Waals surface area contributed by atoms with E-state index in [9.17, 15) is 39.3 Å². The topological polar surface area (TPSA) is 196 Å². The molecule has 1 unspecified atom stereocenters. The highest BCUT2D eigenvalue weighted by molar-refractivity contribution is 5.96. The van der Waals surface area contributed by atoms with Gasteiger partial charge in [0, 0.05) is 54.3 Å². The number of esters is 3. The van der Waals surface area contributed by atoms with Crippen LogP contribution in [0.3, 0.4) is 0 Å². The number of aliphatic hydroxyl groups is 3. The highest BCUT2D eigenvalue weighted by atomic mass is 16.7. The molecule has 0 spiro atoms. The van der Waals surface area contributed by atoms with Crippen molar-refractivity contribution in [2.75, 3.05) is 6.61 Å². The zero-order chi connectivity index (χ0) is 34.6. The second-order valence-corrected chi connectivity index (χ2v) is 15.2. The average molecular weight is 661 g/mol. The lowest BCUT2D eigenvalue weighted by atomic mass is 9.33. The monoisotopic (exact) mass is 660 g/mol. The van der Waals surface area contributed by atoms with Crippen molar-refractivity contribution in [3.63, 3.8) is 0 Å². The number of Topliss-reactive ketones (excluding diaryl/α,β-unsaturated/α-hetero) is 2. The Morgan fingerprint density at radius 1 is 0.936 bits per heavy atom. The van der Waals surface area contributed by atoms with Gasteiger partial charge in [0.25, 0.3) is 0 Å². The van der Waals surface area contributed by atoms with Gasteiger partial charge in [0.15, 0.2) is 18.0 Å². The number of ketones is 2. The van der Waals surface area contributed by atoms with Crippen LogP contribution in [-0.4, -0.2) is 88.2 Å². The average Bonchev–Trinajstić information content (AvgIpc) is 3.61. The Kier molecular flexibility index (Phi) is 7.86.